The molecule has 1 fully saturated rings. The van der Waals surface area contributed by atoms with Gasteiger partial charge in [-0.15, -0.1) is 0 Å². The second kappa shape index (κ2) is 8.06. The lowest BCUT2D eigenvalue weighted by atomic mass is 10.1. The van der Waals surface area contributed by atoms with Crippen molar-refractivity contribution in [1.82, 2.24) is 10.2 Å². The van der Waals surface area contributed by atoms with Gasteiger partial charge in [0.15, 0.2) is 0 Å². The average molecular weight is 242 g/mol. The third-order valence-electron chi connectivity index (χ3n) is 3.91. The Morgan fingerprint density at radius 2 is 2.12 bits per heavy atom. The standard InChI is InChI=1S/C14H30N2O/c1-5-9-15-10-14(11-17-4)16-12(3)7-8-13(16)6-2/h12-15H,5-11H2,1-4H3. The fraction of sp³-hybridized carbons (Fsp3) is 1.00. The molecule has 3 unspecified atom stereocenters. The summed E-state index contributed by atoms with van der Waals surface area (Å²) in [5.74, 6) is 0. The monoisotopic (exact) mass is 242 g/mol. The Balaban J connectivity index is 2.53. The Labute approximate surface area is 107 Å². The van der Waals surface area contributed by atoms with Gasteiger partial charge in [0.2, 0.25) is 0 Å². The van der Waals surface area contributed by atoms with Crippen molar-refractivity contribution in [2.45, 2.75) is 64.6 Å². The molecule has 1 heterocycles. The van der Waals surface area contributed by atoms with Crippen molar-refractivity contribution in [2.24, 2.45) is 0 Å². The molecule has 0 aliphatic carbocycles. The summed E-state index contributed by atoms with van der Waals surface area (Å²) >= 11 is 0. The van der Waals surface area contributed by atoms with Crippen LogP contribution in [0.3, 0.4) is 0 Å². The fourth-order valence-corrected chi connectivity index (χ4v) is 3.05. The van der Waals surface area contributed by atoms with Crippen LogP contribution in [-0.4, -0.2) is 49.8 Å². The van der Waals surface area contributed by atoms with E-state index in [1.165, 1.54) is 25.7 Å². The summed E-state index contributed by atoms with van der Waals surface area (Å²) in [7, 11) is 1.81. The fourth-order valence-electron chi connectivity index (χ4n) is 3.05. The first-order valence-corrected chi connectivity index (χ1v) is 7.21. The van der Waals surface area contributed by atoms with Gasteiger partial charge in [0, 0.05) is 31.8 Å². The molecule has 1 aliphatic rings. The molecule has 1 N–H and O–H groups in total. The summed E-state index contributed by atoms with van der Waals surface area (Å²) in [6.45, 7) is 9.89. The quantitative estimate of drug-likeness (QED) is 0.661. The van der Waals surface area contributed by atoms with Crippen molar-refractivity contribution in [2.75, 3.05) is 26.8 Å². The van der Waals surface area contributed by atoms with Crippen molar-refractivity contribution in [1.29, 1.82) is 0 Å². The SMILES string of the molecule is CCCNCC(COC)N1C(C)CCC1CC. The zero-order valence-corrected chi connectivity index (χ0v) is 12.0. The van der Waals surface area contributed by atoms with Gasteiger partial charge in [-0.05, 0) is 39.2 Å². The van der Waals surface area contributed by atoms with Crippen LogP contribution in [0.5, 0.6) is 0 Å². The maximum atomic E-state index is 5.41. The minimum absolute atomic E-state index is 0.536. The van der Waals surface area contributed by atoms with Crippen molar-refractivity contribution in [3.63, 3.8) is 0 Å². The molecule has 17 heavy (non-hydrogen) atoms. The maximum absolute atomic E-state index is 5.41. The predicted octanol–water partition coefficient (Wildman–Crippen LogP) is 2.26. The minimum atomic E-state index is 0.536. The van der Waals surface area contributed by atoms with Crippen LogP contribution in [0.4, 0.5) is 0 Å². The number of rotatable bonds is 8. The lowest BCUT2D eigenvalue weighted by molar-refractivity contribution is 0.0590. The molecule has 0 amide bonds. The minimum Gasteiger partial charge on any atom is -0.383 e. The van der Waals surface area contributed by atoms with E-state index in [0.29, 0.717) is 12.1 Å². The summed E-state index contributed by atoms with van der Waals surface area (Å²) < 4.78 is 5.41. The van der Waals surface area contributed by atoms with Gasteiger partial charge in [0.25, 0.3) is 0 Å². The molecule has 0 bridgehead atoms. The largest absolute Gasteiger partial charge is 0.383 e. The molecule has 102 valence electrons. The van der Waals surface area contributed by atoms with E-state index >= 15 is 0 Å². The van der Waals surface area contributed by atoms with E-state index in [4.69, 9.17) is 4.74 Å². The molecule has 1 rings (SSSR count). The average Bonchev–Trinajstić information content (AvgIpc) is 2.69. The number of nitrogens with one attached hydrogen (secondary N) is 1. The second-order valence-corrected chi connectivity index (χ2v) is 5.25. The molecule has 0 radical (unpaired) electrons. The van der Waals surface area contributed by atoms with Crippen molar-refractivity contribution >= 4 is 0 Å². The van der Waals surface area contributed by atoms with Gasteiger partial charge in [-0.25, -0.2) is 0 Å². The highest BCUT2D eigenvalue weighted by atomic mass is 16.5. The van der Waals surface area contributed by atoms with Crippen LogP contribution in [0, 0.1) is 0 Å². The summed E-state index contributed by atoms with van der Waals surface area (Å²) in [6.07, 6.45) is 5.16. The summed E-state index contributed by atoms with van der Waals surface area (Å²) in [6, 6.07) is 2.01. The van der Waals surface area contributed by atoms with Crippen molar-refractivity contribution < 1.29 is 4.74 Å². The van der Waals surface area contributed by atoms with Crippen molar-refractivity contribution in [3.05, 3.63) is 0 Å². The number of methoxy groups -OCH3 is 1. The van der Waals surface area contributed by atoms with E-state index in [1.807, 2.05) is 7.11 Å². The number of hydrogen-bond donors (Lipinski definition) is 1. The van der Waals surface area contributed by atoms with Gasteiger partial charge < -0.3 is 10.1 Å². The molecular formula is C14H30N2O. The molecule has 0 saturated carbocycles. The third-order valence-corrected chi connectivity index (χ3v) is 3.91. The Bertz CT molecular complexity index is 199. The highest BCUT2D eigenvalue weighted by Gasteiger charge is 2.34. The zero-order chi connectivity index (χ0) is 12.7. The molecule has 1 aliphatic heterocycles. The van der Waals surface area contributed by atoms with Gasteiger partial charge in [-0.3, -0.25) is 4.90 Å². The summed E-state index contributed by atoms with van der Waals surface area (Å²) in [4.78, 5) is 2.69. The number of nitrogens with zero attached hydrogens (tertiary/aromatic N) is 1. The Morgan fingerprint density at radius 1 is 1.35 bits per heavy atom. The molecule has 0 aromatic rings. The molecule has 1 saturated heterocycles. The van der Waals surface area contributed by atoms with Gasteiger partial charge in [-0.1, -0.05) is 13.8 Å². The summed E-state index contributed by atoms with van der Waals surface area (Å²) in [5, 5.41) is 3.54. The second-order valence-electron chi connectivity index (χ2n) is 5.25. The van der Waals surface area contributed by atoms with E-state index in [2.05, 4.69) is 31.0 Å². The first-order chi connectivity index (χ1) is 8.24. The first kappa shape index (κ1) is 14.9. The lowest BCUT2D eigenvalue weighted by Crippen LogP contribution is -2.50. The molecule has 3 atom stereocenters. The van der Waals surface area contributed by atoms with Gasteiger partial charge in [-0.2, -0.15) is 0 Å². The molecule has 0 aromatic carbocycles. The highest BCUT2D eigenvalue weighted by Crippen LogP contribution is 2.28. The van der Waals surface area contributed by atoms with E-state index < -0.39 is 0 Å². The normalized spacial score (nSPS) is 27.5. The van der Waals surface area contributed by atoms with E-state index in [0.717, 1.165) is 25.7 Å². The molecule has 0 aromatic heterocycles. The highest BCUT2D eigenvalue weighted by molar-refractivity contribution is 4.90. The van der Waals surface area contributed by atoms with Crippen LogP contribution in [0.25, 0.3) is 0 Å². The van der Waals surface area contributed by atoms with Crippen LogP contribution >= 0.6 is 0 Å². The van der Waals surface area contributed by atoms with E-state index in [-0.39, 0.29) is 0 Å². The van der Waals surface area contributed by atoms with Crippen LogP contribution in [0.2, 0.25) is 0 Å². The Morgan fingerprint density at radius 3 is 2.71 bits per heavy atom. The van der Waals surface area contributed by atoms with Gasteiger partial charge in [0.05, 0.1) is 6.61 Å². The topological polar surface area (TPSA) is 24.5 Å². The van der Waals surface area contributed by atoms with Crippen LogP contribution in [0.1, 0.15) is 46.5 Å². The van der Waals surface area contributed by atoms with Crippen LogP contribution < -0.4 is 5.32 Å². The zero-order valence-electron chi connectivity index (χ0n) is 12.0. The smallest absolute Gasteiger partial charge is 0.0630 e. The molecule has 0 spiro atoms. The molecule has 3 nitrogen and oxygen atoms in total. The summed E-state index contributed by atoms with van der Waals surface area (Å²) in [5.41, 5.74) is 0. The number of likely N-dealkylation sites (tertiary alicyclic amines) is 1. The Hall–Kier alpha value is -0.120. The van der Waals surface area contributed by atoms with Gasteiger partial charge in [0.1, 0.15) is 0 Å². The first-order valence-electron chi connectivity index (χ1n) is 7.21. The lowest BCUT2D eigenvalue weighted by Gasteiger charge is -2.36. The molecular weight excluding hydrogens is 212 g/mol. The number of ether oxygens (including phenoxy) is 1. The predicted molar refractivity (Wildman–Crippen MR) is 73.4 cm³/mol. The maximum Gasteiger partial charge on any atom is 0.0630 e. The van der Waals surface area contributed by atoms with Crippen LogP contribution in [-0.2, 0) is 4.74 Å². The number of hydrogen-bond acceptors (Lipinski definition) is 3. The van der Waals surface area contributed by atoms with Crippen molar-refractivity contribution in [3.8, 4) is 0 Å². The molecule has 3 heteroatoms. The van der Waals surface area contributed by atoms with E-state index in [1.54, 1.807) is 0 Å². The van der Waals surface area contributed by atoms with Crippen LogP contribution in [0.15, 0.2) is 0 Å². The van der Waals surface area contributed by atoms with Gasteiger partial charge >= 0.3 is 0 Å². The third kappa shape index (κ3) is 4.23. The Kier molecular flexibility index (Phi) is 7.09. The van der Waals surface area contributed by atoms with E-state index in [9.17, 15) is 0 Å².